The highest BCUT2D eigenvalue weighted by molar-refractivity contribution is 5.10. The van der Waals surface area contributed by atoms with Gasteiger partial charge in [0.25, 0.3) is 0 Å². The van der Waals surface area contributed by atoms with Crippen molar-refractivity contribution in [1.29, 1.82) is 0 Å². The van der Waals surface area contributed by atoms with Crippen LogP contribution >= 0.6 is 0 Å². The molecule has 0 aliphatic carbocycles. The molecule has 0 saturated carbocycles. The minimum atomic E-state index is 0.133. The van der Waals surface area contributed by atoms with E-state index in [4.69, 9.17) is 10.6 Å². The lowest BCUT2D eigenvalue weighted by Crippen LogP contribution is -2.46. The molecule has 2 atom stereocenters. The minimum Gasteiger partial charge on any atom is -0.380 e. The van der Waals surface area contributed by atoms with Gasteiger partial charge in [0.2, 0.25) is 0 Å². The van der Waals surface area contributed by atoms with E-state index in [1.165, 1.54) is 5.56 Å². The van der Waals surface area contributed by atoms with E-state index in [0.29, 0.717) is 0 Å². The van der Waals surface area contributed by atoms with Gasteiger partial charge in [-0.05, 0) is 24.5 Å². The highest BCUT2D eigenvalue weighted by Gasteiger charge is 2.19. The molecule has 0 aromatic carbocycles. The Hall–Kier alpha value is -0.970. The number of ether oxygens (including phenoxy) is 1. The van der Waals surface area contributed by atoms with Crippen molar-refractivity contribution in [2.75, 3.05) is 7.11 Å². The lowest BCUT2D eigenvalue weighted by molar-refractivity contribution is 0.0609. The van der Waals surface area contributed by atoms with Crippen LogP contribution in [-0.2, 0) is 11.2 Å². The lowest BCUT2D eigenvalue weighted by atomic mass is 10.00. The average Bonchev–Trinajstić information content (AvgIpc) is 2.35. The number of methoxy groups -OCH3 is 1. The van der Waals surface area contributed by atoms with Gasteiger partial charge >= 0.3 is 0 Å². The van der Waals surface area contributed by atoms with Gasteiger partial charge in [0.15, 0.2) is 0 Å². The van der Waals surface area contributed by atoms with Gasteiger partial charge in [-0.15, -0.1) is 0 Å². The molecular formula is C12H21N3O. The Bertz CT molecular complexity index is 279. The summed E-state index contributed by atoms with van der Waals surface area (Å²) < 4.78 is 5.45. The third-order valence-electron chi connectivity index (χ3n) is 2.72. The van der Waals surface area contributed by atoms with Crippen LogP contribution in [-0.4, -0.2) is 24.2 Å². The summed E-state index contributed by atoms with van der Waals surface area (Å²) in [5, 5.41) is 0. The van der Waals surface area contributed by atoms with Crippen molar-refractivity contribution in [2.24, 2.45) is 5.84 Å². The summed E-state index contributed by atoms with van der Waals surface area (Å²) in [6.07, 6.45) is 6.71. The zero-order chi connectivity index (χ0) is 11.8. The SMILES string of the molecule is CCCC(OC)C(Cc1cccnc1)NN. The topological polar surface area (TPSA) is 60.2 Å². The van der Waals surface area contributed by atoms with E-state index in [9.17, 15) is 0 Å². The van der Waals surface area contributed by atoms with Gasteiger partial charge in [-0.25, -0.2) is 0 Å². The average molecular weight is 223 g/mol. The van der Waals surface area contributed by atoms with Crippen LogP contribution in [0.5, 0.6) is 0 Å². The van der Waals surface area contributed by atoms with E-state index in [1.54, 1.807) is 13.3 Å². The minimum absolute atomic E-state index is 0.133. The first-order valence-electron chi connectivity index (χ1n) is 5.69. The van der Waals surface area contributed by atoms with Crippen LogP contribution in [0.25, 0.3) is 0 Å². The van der Waals surface area contributed by atoms with Crippen LogP contribution in [0.15, 0.2) is 24.5 Å². The lowest BCUT2D eigenvalue weighted by Gasteiger charge is -2.25. The van der Waals surface area contributed by atoms with Gasteiger partial charge < -0.3 is 4.74 Å². The maximum Gasteiger partial charge on any atom is 0.0740 e. The zero-order valence-corrected chi connectivity index (χ0v) is 10.0. The number of rotatable bonds is 7. The summed E-state index contributed by atoms with van der Waals surface area (Å²) in [6, 6.07) is 4.12. The second-order valence-electron chi connectivity index (χ2n) is 3.90. The molecule has 1 heterocycles. The van der Waals surface area contributed by atoms with Crippen LogP contribution in [0.2, 0.25) is 0 Å². The highest BCUT2D eigenvalue weighted by Crippen LogP contribution is 2.11. The Morgan fingerprint density at radius 3 is 2.88 bits per heavy atom. The molecule has 16 heavy (non-hydrogen) atoms. The fourth-order valence-electron chi connectivity index (χ4n) is 1.84. The van der Waals surface area contributed by atoms with Crippen molar-refractivity contribution in [2.45, 2.75) is 38.3 Å². The second kappa shape index (κ2) is 7.33. The summed E-state index contributed by atoms with van der Waals surface area (Å²) in [6.45, 7) is 2.14. The maximum absolute atomic E-state index is 5.58. The number of aromatic nitrogens is 1. The molecule has 1 aromatic heterocycles. The third-order valence-corrected chi connectivity index (χ3v) is 2.72. The van der Waals surface area contributed by atoms with Crippen LogP contribution in [0.4, 0.5) is 0 Å². The Balaban J connectivity index is 2.60. The number of nitrogens with two attached hydrogens (primary N) is 1. The molecule has 0 bridgehead atoms. The van der Waals surface area contributed by atoms with Crippen molar-refractivity contribution in [1.82, 2.24) is 10.4 Å². The molecule has 0 aliphatic heterocycles. The van der Waals surface area contributed by atoms with Crippen molar-refractivity contribution in [3.8, 4) is 0 Å². The Morgan fingerprint density at radius 1 is 1.56 bits per heavy atom. The van der Waals surface area contributed by atoms with E-state index in [0.717, 1.165) is 19.3 Å². The van der Waals surface area contributed by atoms with Gasteiger partial charge in [-0.1, -0.05) is 19.4 Å². The molecule has 90 valence electrons. The Kier molecular flexibility index (Phi) is 6.00. The van der Waals surface area contributed by atoms with Crippen LogP contribution in [0.3, 0.4) is 0 Å². The van der Waals surface area contributed by atoms with Crippen molar-refractivity contribution < 1.29 is 4.74 Å². The summed E-state index contributed by atoms with van der Waals surface area (Å²) in [7, 11) is 1.73. The predicted molar refractivity (Wildman–Crippen MR) is 64.8 cm³/mol. The van der Waals surface area contributed by atoms with E-state index in [2.05, 4.69) is 23.4 Å². The number of pyridine rings is 1. The fraction of sp³-hybridized carbons (Fsp3) is 0.583. The van der Waals surface area contributed by atoms with Gasteiger partial charge in [0.05, 0.1) is 12.1 Å². The molecule has 0 aliphatic rings. The second-order valence-corrected chi connectivity index (χ2v) is 3.90. The molecule has 4 nitrogen and oxygen atoms in total. The van der Waals surface area contributed by atoms with E-state index in [-0.39, 0.29) is 12.1 Å². The molecule has 0 fully saturated rings. The Labute approximate surface area is 97.2 Å². The summed E-state index contributed by atoms with van der Waals surface area (Å²) in [4.78, 5) is 4.09. The van der Waals surface area contributed by atoms with E-state index >= 15 is 0 Å². The largest absolute Gasteiger partial charge is 0.380 e. The first-order chi connectivity index (χ1) is 7.81. The monoisotopic (exact) mass is 223 g/mol. The fourth-order valence-corrected chi connectivity index (χ4v) is 1.84. The van der Waals surface area contributed by atoms with Gasteiger partial charge in [-0.2, -0.15) is 0 Å². The number of hydrazine groups is 1. The summed E-state index contributed by atoms with van der Waals surface area (Å²) in [5.41, 5.74) is 4.00. The van der Waals surface area contributed by atoms with Gasteiger partial charge in [-0.3, -0.25) is 16.3 Å². The molecule has 0 saturated heterocycles. The third kappa shape index (κ3) is 3.89. The van der Waals surface area contributed by atoms with Crippen molar-refractivity contribution in [3.05, 3.63) is 30.1 Å². The smallest absolute Gasteiger partial charge is 0.0740 e. The molecular weight excluding hydrogens is 202 g/mol. The number of nitrogens with zero attached hydrogens (tertiary/aromatic N) is 1. The van der Waals surface area contributed by atoms with Gasteiger partial charge in [0, 0.05) is 19.5 Å². The number of hydrogen-bond acceptors (Lipinski definition) is 4. The number of hydrogen-bond donors (Lipinski definition) is 2. The molecule has 4 heteroatoms. The van der Waals surface area contributed by atoms with Crippen LogP contribution in [0, 0.1) is 0 Å². The molecule has 3 N–H and O–H groups in total. The first-order valence-corrected chi connectivity index (χ1v) is 5.69. The van der Waals surface area contributed by atoms with Crippen molar-refractivity contribution >= 4 is 0 Å². The zero-order valence-electron chi connectivity index (χ0n) is 10.0. The van der Waals surface area contributed by atoms with Crippen molar-refractivity contribution in [3.63, 3.8) is 0 Å². The molecule has 2 unspecified atom stereocenters. The molecule has 0 spiro atoms. The predicted octanol–water partition coefficient (Wildman–Crippen LogP) is 1.27. The standard InChI is InChI=1S/C12H21N3O/c1-3-5-12(16-2)11(15-13)8-10-6-4-7-14-9-10/h4,6-7,9,11-12,15H,3,5,8,13H2,1-2H3. The Morgan fingerprint density at radius 2 is 2.38 bits per heavy atom. The highest BCUT2D eigenvalue weighted by atomic mass is 16.5. The number of nitrogens with one attached hydrogen (secondary N) is 1. The molecule has 1 aromatic rings. The normalized spacial score (nSPS) is 14.7. The molecule has 0 amide bonds. The molecule has 0 radical (unpaired) electrons. The van der Waals surface area contributed by atoms with E-state index in [1.807, 2.05) is 12.3 Å². The summed E-state index contributed by atoms with van der Waals surface area (Å²) in [5.74, 6) is 5.58. The van der Waals surface area contributed by atoms with E-state index < -0.39 is 0 Å². The van der Waals surface area contributed by atoms with Crippen LogP contribution in [0.1, 0.15) is 25.3 Å². The maximum atomic E-state index is 5.58. The molecule has 1 rings (SSSR count). The van der Waals surface area contributed by atoms with Crippen LogP contribution < -0.4 is 11.3 Å². The summed E-state index contributed by atoms with van der Waals surface area (Å²) >= 11 is 0. The first kappa shape index (κ1) is 13.1. The quantitative estimate of drug-likeness (QED) is 0.540. The van der Waals surface area contributed by atoms with Gasteiger partial charge in [0.1, 0.15) is 0 Å².